The van der Waals surface area contributed by atoms with E-state index in [2.05, 4.69) is 4.90 Å². The minimum atomic E-state index is -5.08. The highest BCUT2D eigenvalue weighted by Crippen LogP contribution is 2.46. The highest BCUT2D eigenvalue weighted by atomic mass is 32.2. The van der Waals surface area contributed by atoms with Gasteiger partial charge in [-0.15, -0.1) is 0 Å². The highest BCUT2D eigenvalue weighted by Gasteiger charge is 2.50. The number of hydrogen-bond donors (Lipinski definition) is 1. The molecule has 1 fully saturated rings. The molecule has 0 bridgehead atoms. The van der Waals surface area contributed by atoms with Gasteiger partial charge in [-0.05, 0) is 41.5 Å². The molecule has 0 amide bonds. The number of rotatable bonds is 3. The molecule has 0 aliphatic carbocycles. The Morgan fingerprint density at radius 3 is 2.47 bits per heavy atom. The van der Waals surface area contributed by atoms with Crippen molar-refractivity contribution >= 4 is 15.8 Å². The van der Waals surface area contributed by atoms with Gasteiger partial charge in [0.1, 0.15) is 5.76 Å². The molecule has 1 aromatic carbocycles. The van der Waals surface area contributed by atoms with E-state index in [0.717, 1.165) is 29.0 Å². The van der Waals surface area contributed by atoms with Crippen molar-refractivity contribution in [1.82, 2.24) is 4.90 Å². The molecule has 4 heterocycles. The van der Waals surface area contributed by atoms with Gasteiger partial charge in [0.05, 0.1) is 35.5 Å². The van der Waals surface area contributed by atoms with Gasteiger partial charge in [0.15, 0.2) is 9.84 Å². The van der Waals surface area contributed by atoms with E-state index in [4.69, 9.17) is 18.7 Å². The predicted molar refractivity (Wildman–Crippen MR) is 106 cm³/mol. The molecule has 3 aromatic rings. The summed E-state index contributed by atoms with van der Waals surface area (Å²) in [7, 11) is -3.28. The largest absolute Gasteiger partial charge is 0.490 e. The Morgan fingerprint density at radius 1 is 1.12 bits per heavy atom. The smallest absolute Gasteiger partial charge is 0.475 e. The third kappa shape index (κ3) is 4.17. The number of likely N-dealkylation sites (tertiary alicyclic amines) is 1. The summed E-state index contributed by atoms with van der Waals surface area (Å²) in [5.41, 5.74) is 2.90. The normalized spacial score (nSPS) is 21.5. The summed E-state index contributed by atoms with van der Waals surface area (Å²) in [6, 6.07) is 11.3. The lowest BCUT2D eigenvalue weighted by Gasteiger charge is -2.16. The van der Waals surface area contributed by atoms with Crippen molar-refractivity contribution in [3.05, 3.63) is 66.5 Å². The minimum Gasteiger partial charge on any atom is -0.475 e. The molecule has 2 atom stereocenters. The second-order valence-electron chi connectivity index (χ2n) is 7.53. The van der Waals surface area contributed by atoms with Crippen molar-refractivity contribution in [2.24, 2.45) is 0 Å². The predicted octanol–water partition coefficient (Wildman–Crippen LogP) is 3.93. The lowest BCUT2D eigenvalue weighted by molar-refractivity contribution is -0.192. The zero-order chi connectivity index (χ0) is 23.1. The summed E-state index contributed by atoms with van der Waals surface area (Å²) in [5, 5.41) is 6.76. The van der Waals surface area contributed by atoms with Crippen LogP contribution >= 0.6 is 0 Å². The standard InChI is InChI=1S/C19H17NO4S.C2HF3O2/c21-25(22)18-4-3-13(14-5-7-23-12-14)8-16(18)17-10-20(11-19(17)25)9-15-2-1-6-24-15;3-2(4,5)1(6)7/h1-8,12,17,19H,9-11H2;(H,6,7). The minimum absolute atomic E-state index is 0.0156. The Balaban J connectivity index is 0.000000307. The second-order valence-corrected chi connectivity index (χ2v) is 9.67. The number of carbonyl (C=O) groups is 1. The molecule has 0 radical (unpaired) electrons. The Bertz CT molecular complexity index is 1200. The fourth-order valence-electron chi connectivity index (χ4n) is 4.09. The fourth-order valence-corrected chi connectivity index (χ4v) is 6.28. The van der Waals surface area contributed by atoms with Crippen LogP contribution in [0.25, 0.3) is 11.1 Å². The number of carboxylic acid groups (broad SMARTS) is 1. The molecule has 0 saturated carbocycles. The molecular weight excluding hydrogens is 451 g/mol. The molecule has 1 N–H and O–H groups in total. The number of furan rings is 2. The van der Waals surface area contributed by atoms with Crippen LogP contribution in [0.2, 0.25) is 0 Å². The lowest BCUT2D eigenvalue weighted by Crippen LogP contribution is -2.25. The van der Waals surface area contributed by atoms with E-state index in [1.54, 1.807) is 24.9 Å². The first-order valence-corrected chi connectivity index (χ1v) is 11.1. The average Bonchev–Trinajstić information content (AvgIpc) is 3.51. The first-order chi connectivity index (χ1) is 15.1. The van der Waals surface area contributed by atoms with Crippen LogP contribution in [0.4, 0.5) is 13.2 Å². The van der Waals surface area contributed by atoms with E-state index >= 15 is 0 Å². The summed E-state index contributed by atoms with van der Waals surface area (Å²) in [5.74, 6) is -1.88. The number of aliphatic carboxylic acids is 1. The molecule has 2 aliphatic heterocycles. The van der Waals surface area contributed by atoms with Gasteiger partial charge in [0.25, 0.3) is 0 Å². The first-order valence-electron chi connectivity index (χ1n) is 9.52. The van der Waals surface area contributed by atoms with Crippen LogP contribution < -0.4 is 0 Å². The van der Waals surface area contributed by atoms with E-state index in [-0.39, 0.29) is 11.2 Å². The van der Waals surface area contributed by atoms with Crippen molar-refractivity contribution in [3.8, 4) is 11.1 Å². The Hall–Kier alpha value is -3.05. The number of halogens is 3. The van der Waals surface area contributed by atoms with Crippen LogP contribution in [-0.4, -0.2) is 48.9 Å². The van der Waals surface area contributed by atoms with Gasteiger partial charge in [-0.3, -0.25) is 4.90 Å². The van der Waals surface area contributed by atoms with Gasteiger partial charge in [-0.2, -0.15) is 13.2 Å². The molecule has 11 heteroatoms. The third-order valence-electron chi connectivity index (χ3n) is 5.51. The van der Waals surface area contributed by atoms with Crippen molar-refractivity contribution in [2.75, 3.05) is 13.1 Å². The number of nitrogens with zero attached hydrogens (tertiary/aromatic N) is 1. The molecule has 32 heavy (non-hydrogen) atoms. The van der Waals surface area contributed by atoms with Crippen LogP contribution in [0.1, 0.15) is 17.2 Å². The van der Waals surface area contributed by atoms with Gasteiger partial charge in [-0.1, -0.05) is 6.07 Å². The maximum Gasteiger partial charge on any atom is 0.490 e. The van der Waals surface area contributed by atoms with Crippen LogP contribution in [0.15, 0.2) is 68.9 Å². The van der Waals surface area contributed by atoms with Crippen molar-refractivity contribution < 1.29 is 40.3 Å². The number of hydrogen-bond acceptors (Lipinski definition) is 6. The van der Waals surface area contributed by atoms with Crippen molar-refractivity contribution in [1.29, 1.82) is 0 Å². The quantitative estimate of drug-likeness (QED) is 0.620. The van der Waals surface area contributed by atoms with Crippen LogP contribution in [0, 0.1) is 0 Å². The zero-order valence-electron chi connectivity index (χ0n) is 16.4. The lowest BCUT2D eigenvalue weighted by atomic mass is 9.95. The zero-order valence-corrected chi connectivity index (χ0v) is 17.3. The van der Waals surface area contributed by atoms with Gasteiger partial charge in [0, 0.05) is 24.6 Å². The van der Waals surface area contributed by atoms with Crippen molar-refractivity contribution in [2.45, 2.75) is 28.8 Å². The molecule has 0 spiro atoms. The molecule has 2 aliphatic rings. The maximum atomic E-state index is 12.9. The summed E-state index contributed by atoms with van der Waals surface area (Å²) >= 11 is 0. The Morgan fingerprint density at radius 2 is 1.88 bits per heavy atom. The molecular formula is C21H18F3NO6S. The summed E-state index contributed by atoms with van der Waals surface area (Å²) in [4.78, 5) is 11.6. The number of sulfone groups is 1. The monoisotopic (exact) mass is 469 g/mol. The summed E-state index contributed by atoms with van der Waals surface area (Å²) in [6.07, 6.45) is -0.126. The molecule has 170 valence electrons. The first kappa shape index (κ1) is 22.2. The van der Waals surface area contributed by atoms with Gasteiger partial charge in [0.2, 0.25) is 0 Å². The van der Waals surface area contributed by atoms with E-state index in [9.17, 15) is 21.6 Å². The van der Waals surface area contributed by atoms with Gasteiger partial charge in [-0.25, -0.2) is 13.2 Å². The topological polar surface area (TPSA) is 101 Å². The van der Waals surface area contributed by atoms with Crippen LogP contribution in [-0.2, 0) is 21.2 Å². The summed E-state index contributed by atoms with van der Waals surface area (Å²) in [6.45, 7) is 1.92. The Kier molecular flexibility index (Phi) is 5.63. The van der Waals surface area contributed by atoms with E-state index in [1.807, 2.05) is 30.3 Å². The summed E-state index contributed by atoms with van der Waals surface area (Å²) < 4.78 is 68.2. The average molecular weight is 469 g/mol. The highest BCUT2D eigenvalue weighted by molar-refractivity contribution is 7.92. The SMILES string of the molecule is O=C(O)C(F)(F)F.O=S1(=O)c2ccc(-c3ccoc3)cc2C2CN(Cc3ccco3)CC21. The molecule has 2 aromatic heterocycles. The van der Waals surface area contributed by atoms with Crippen LogP contribution in [0.5, 0.6) is 0 Å². The van der Waals surface area contributed by atoms with Gasteiger partial charge >= 0.3 is 12.1 Å². The van der Waals surface area contributed by atoms with Gasteiger partial charge < -0.3 is 13.9 Å². The van der Waals surface area contributed by atoms with Crippen molar-refractivity contribution in [3.63, 3.8) is 0 Å². The molecule has 1 saturated heterocycles. The number of alkyl halides is 3. The van der Waals surface area contributed by atoms with E-state index in [1.165, 1.54) is 0 Å². The maximum absolute atomic E-state index is 12.9. The van der Waals surface area contributed by atoms with Crippen LogP contribution in [0.3, 0.4) is 0 Å². The third-order valence-corrected chi connectivity index (χ3v) is 7.77. The number of carboxylic acids is 1. The molecule has 2 unspecified atom stereocenters. The number of benzene rings is 1. The Labute approximate surface area is 181 Å². The second kappa shape index (κ2) is 8.14. The fraction of sp³-hybridized carbons (Fsp3) is 0.286. The molecule has 5 rings (SSSR count). The number of fused-ring (bicyclic) bond motifs is 3. The molecule has 7 nitrogen and oxygen atoms in total. The van der Waals surface area contributed by atoms with E-state index in [0.29, 0.717) is 18.0 Å². The van der Waals surface area contributed by atoms with E-state index < -0.39 is 22.0 Å².